The maximum atomic E-state index is 6.36. The standard InChI is InChI=1S/C24H27ClN6/c1-16(2)29-12-17-9-19(25)6-7-20(17)31-22(13-29)27-28-23(31)18-10-24(11-18)14-30(15-24)21-5-3-4-8-26-21/h3-9,16,18H,10-15H2,1-2H3. The first-order valence-corrected chi connectivity index (χ1v) is 11.5. The zero-order valence-corrected chi connectivity index (χ0v) is 18.8. The van der Waals surface area contributed by atoms with Gasteiger partial charge in [-0.05, 0) is 62.6 Å². The predicted molar refractivity (Wildman–Crippen MR) is 122 cm³/mol. The molecule has 0 N–H and O–H groups in total. The number of rotatable bonds is 3. The summed E-state index contributed by atoms with van der Waals surface area (Å²) >= 11 is 6.36. The number of hydrogen-bond acceptors (Lipinski definition) is 5. The zero-order valence-electron chi connectivity index (χ0n) is 18.0. The van der Waals surface area contributed by atoms with Gasteiger partial charge in [-0.25, -0.2) is 4.98 Å². The van der Waals surface area contributed by atoms with E-state index in [0.717, 1.165) is 48.7 Å². The Morgan fingerprint density at radius 3 is 2.65 bits per heavy atom. The summed E-state index contributed by atoms with van der Waals surface area (Å²) in [5.74, 6) is 3.70. The van der Waals surface area contributed by atoms with Gasteiger partial charge in [0.1, 0.15) is 11.6 Å². The lowest BCUT2D eigenvalue weighted by Gasteiger charge is -2.59. The average molecular weight is 435 g/mol. The number of benzene rings is 1. The van der Waals surface area contributed by atoms with Gasteiger partial charge in [0.25, 0.3) is 0 Å². The maximum Gasteiger partial charge on any atom is 0.151 e. The number of pyridine rings is 1. The van der Waals surface area contributed by atoms with E-state index < -0.39 is 0 Å². The van der Waals surface area contributed by atoms with Gasteiger partial charge >= 0.3 is 0 Å². The highest BCUT2D eigenvalue weighted by Gasteiger charge is 2.54. The lowest BCUT2D eigenvalue weighted by atomic mass is 9.57. The molecule has 3 aromatic rings. The summed E-state index contributed by atoms with van der Waals surface area (Å²) in [6.45, 7) is 8.34. The normalized spacial score (nSPS) is 20.2. The van der Waals surface area contributed by atoms with E-state index in [0.29, 0.717) is 17.4 Å². The van der Waals surface area contributed by atoms with Crippen LogP contribution in [0.5, 0.6) is 0 Å². The van der Waals surface area contributed by atoms with Gasteiger partial charge < -0.3 is 4.90 Å². The second kappa shape index (κ2) is 7.04. The molecule has 0 bridgehead atoms. The van der Waals surface area contributed by atoms with Crippen LogP contribution >= 0.6 is 11.6 Å². The van der Waals surface area contributed by atoms with Gasteiger partial charge in [0, 0.05) is 48.2 Å². The lowest BCUT2D eigenvalue weighted by molar-refractivity contribution is 0.0581. The maximum absolute atomic E-state index is 6.36. The molecular weight excluding hydrogens is 408 g/mol. The van der Waals surface area contributed by atoms with Crippen molar-refractivity contribution in [1.82, 2.24) is 24.6 Å². The van der Waals surface area contributed by atoms with Crippen LogP contribution in [0, 0.1) is 5.41 Å². The summed E-state index contributed by atoms with van der Waals surface area (Å²) < 4.78 is 2.32. The smallest absolute Gasteiger partial charge is 0.151 e. The number of hydrogen-bond donors (Lipinski definition) is 0. The van der Waals surface area contributed by atoms with Crippen molar-refractivity contribution in [2.75, 3.05) is 18.0 Å². The molecule has 2 fully saturated rings. The molecule has 4 heterocycles. The molecule has 0 unspecified atom stereocenters. The third-order valence-corrected chi connectivity index (χ3v) is 7.47. The highest BCUT2D eigenvalue weighted by molar-refractivity contribution is 6.30. The van der Waals surface area contributed by atoms with Crippen LogP contribution in [-0.4, -0.2) is 43.8 Å². The Balaban J connectivity index is 1.26. The van der Waals surface area contributed by atoms with Gasteiger partial charge in [0.2, 0.25) is 0 Å². The van der Waals surface area contributed by atoms with E-state index in [4.69, 9.17) is 16.7 Å². The van der Waals surface area contributed by atoms with Crippen molar-refractivity contribution >= 4 is 17.4 Å². The molecule has 0 atom stereocenters. The van der Waals surface area contributed by atoms with Gasteiger partial charge in [-0.3, -0.25) is 9.47 Å². The third-order valence-electron chi connectivity index (χ3n) is 7.24. The first-order valence-electron chi connectivity index (χ1n) is 11.1. The van der Waals surface area contributed by atoms with Crippen LogP contribution < -0.4 is 4.90 Å². The summed E-state index contributed by atoms with van der Waals surface area (Å²) in [6, 6.07) is 12.8. The van der Waals surface area contributed by atoms with E-state index in [-0.39, 0.29) is 0 Å². The van der Waals surface area contributed by atoms with Crippen molar-refractivity contribution in [3.05, 3.63) is 64.8 Å². The fourth-order valence-electron chi connectivity index (χ4n) is 5.57. The second-order valence-electron chi connectivity index (χ2n) is 9.73. The fourth-order valence-corrected chi connectivity index (χ4v) is 5.77. The molecule has 6 nitrogen and oxygen atoms in total. The minimum absolute atomic E-state index is 0.409. The Bertz CT molecular complexity index is 1110. The molecule has 160 valence electrons. The molecule has 0 amide bonds. The molecule has 1 saturated carbocycles. The molecule has 31 heavy (non-hydrogen) atoms. The minimum atomic E-state index is 0.409. The molecule has 1 aromatic carbocycles. The van der Waals surface area contributed by atoms with Crippen molar-refractivity contribution in [2.45, 2.75) is 51.7 Å². The summed E-state index contributed by atoms with van der Waals surface area (Å²) in [5.41, 5.74) is 2.85. The summed E-state index contributed by atoms with van der Waals surface area (Å²) in [4.78, 5) is 9.32. The molecule has 1 aliphatic carbocycles. The van der Waals surface area contributed by atoms with Crippen LogP contribution in [0.25, 0.3) is 5.69 Å². The van der Waals surface area contributed by atoms with Crippen LogP contribution in [0.4, 0.5) is 5.82 Å². The summed E-state index contributed by atoms with van der Waals surface area (Å²) in [6.07, 6.45) is 4.22. The number of halogens is 1. The van der Waals surface area contributed by atoms with Gasteiger partial charge in [-0.2, -0.15) is 0 Å². The minimum Gasteiger partial charge on any atom is -0.355 e. The number of fused-ring (bicyclic) bond motifs is 3. The SMILES string of the molecule is CC(C)N1Cc2cc(Cl)ccc2-n2c(nnc2C2CC3(C2)CN(c2ccccn2)C3)C1. The lowest BCUT2D eigenvalue weighted by Crippen LogP contribution is -2.62. The zero-order chi connectivity index (χ0) is 21.2. The van der Waals surface area contributed by atoms with Crippen molar-refractivity contribution in [1.29, 1.82) is 0 Å². The fraction of sp³-hybridized carbons (Fsp3) is 0.458. The Morgan fingerprint density at radius 2 is 1.90 bits per heavy atom. The van der Waals surface area contributed by atoms with Gasteiger partial charge in [-0.15, -0.1) is 10.2 Å². The molecule has 3 aliphatic rings. The van der Waals surface area contributed by atoms with Crippen molar-refractivity contribution in [2.24, 2.45) is 5.41 Å². The molecule has 0 radical (unpaired) electrons. The van der Waals surface area contributed by atoms with E-state index in [2.05, 4.69) is 62.6 Å². The largest absolute Gasteiger partial charge is 0.355 e. The first-order chi connectivity index (χ1) is 15.0. The Labute approximate surface area is 187 Å². The molecule has 7 heteroatoms. The Hall–Kier alpha value is -2.44. The second-order valence-corrected chi connectivity index (χ2v) is 10.2. The van der Waals surface area contributed by atoms with Crippen LogP contribution in [0.2, 0.25) is 5.02 Å². The number of nitrogens with zero attached hydrogens (tertiary/aromatic N) is 6. The van der Waals surface area contributed by atoms with E-state index >= 15 is 0 Å². The highest BCUT2D eigenvalue weighted by atomic mass is 35.5. The van der Waals surface area contributed by atoms with E-state index in [9.17, 15) is 0 Å². The summed E-state index contributed by atoms with van der Waals surface area (Å²) in [7, 11) is 0. The van der Waals surface area contributed by atoms with Gasteiger partial charge in [0.05, 0.1) is 12.2 Å². The Kier molecular flexibility index (Phi) is 4.37. The third kappa shape index (κ3) is 3.15. The van der Waals surface area contributed by atoms with E-state index in [1.807, 2.05) is 18.3 Å². The molecule has 1 spiro atoms. The van der Waals surface area contributed by atoms with E-state index in [1.54, 1.807) is 0 Å². The van der Waals surface area contributed by atoms with Crippen LogP contribution in [0.15, 0.2) is 42.6 Å². The first kappa shape index (κ1) is 19.3. The van der Waals surface area contributed by atoms with Crippen LogP contribution in [0.3, 0.4) is 0 Å². The average Bonchev–Trinajstić information content (AvgIpc) is 3.02. The van der Waals surface area contributed by atoms with Gasteiger partial charge in [-0.1, -0.05) is 17.7 Å². The molecule has 2 aromatic heterocycles. The highest BCUT2D eigenvalue weighted by Crippen LogP contribution is 2.56. The quantitative estimate of drug-likeness (QED) is 0.610. The van der Waals surface area contributed by atoms with Crippen molar-refractivity contribution in [3.63, 3.8) is 0 Å². The monoisotopic (exact) mass is 434 g/mol. The molecule has 1 saturated heterocycles. The van der Waals surface area contributed by atoms with E-state index in [1.165, 1.54) is 24.1 Å². The number of anilines is 1. The van der Waals surface area contributed by atoms with Gasteiger partial charge in [0.15, 0.2) is 5.82 Å². The topological polar surface area (TPSA) is 50.1 Å². The van der Waals surface area contributed by atoms with Crippen LogP contribution in [0.1, 0.15) is 49.8 Å². The molecule has 6 rings (SSSR count). The predicted octanol–water partition coefficient (Wildman–Crippen LogP) is 4.42. The van der Waals surface area contributed by atoms with Crippen molar-refractivity contribution < 1.29 is 0 Å². The summed E-state index contributed by atoms with van der Waals surface area (Å²) in [5, 5.41) is 10.1. The van der Waals surface area contributed by atoms with Crippen molar-refractivity contribution in [3.8, 4) is 5.69 Å². The number of aromatic nitrogens is 4. The molecule has 2 aliphatic heterocycles. The van der Waals surface area contributed by atoms with Crippen LogP contribution in [-0.2, 0) is 13.1 Å². The Morgan fingerprint density at radius 1 is 1.06 bits per heavy atom. The molecular formula is C24H27ClN6.